The summed E-state index contributed by atoms with van der Waals surface area (Å²) in [5.74, 6) is 0.454. The van der Waals surface area contributed by atoms with Crippen LogP contribution in [0.2, 0.25) is 0 Å². The second kappa shape index (κ2) is 3.15. The van der Waals surface area contributed by atoms with Crippen molar-refractivity contribution < 1.29 is 4.79 Å². The number of carbonyl (C=O) groups excluding carboxylic acids is 1. The summed E-state index contributed by atoms with van der Waals surface area (Å²) in [5, 5.41) is -0.189. The van der Waals surface area contributed by atoms with Gasteiger partial charge in [0.1, 0.15) is 0 Å². The second-order valence-electron chi connectivity index (χ2n) is 3.66. The fourth-order valence-electron chi connectivity index (χ4n) is 1.63. The van der Waals surface area contributed by atoms with Crippen LogP contribution in [-0.4, -0.2) is 5.24 Å². The van der Waals surface area contributed by atoms with Gasteiger partial charge in [0.05, 0.1) is 0 Å². The maximum atomic E-state index is 10.8. The molecule has 0 bridgehead atoms. The summed E-state index contributed by atoms with van der Waals surface area (Å²) in [5.41, 5.74) is 2.49. The third kappa shape index (κ3) is 1.75. The van der Waals surface area contributed by atoms with E-state index in [4.69, 9.17) is 11.6 Å². The molecular weight excluding hydrogens is 184 g/mol. The highest BCUT2D eigenvalue weighted by Crippen LogP contribution is 2.48. The topological polar surface area (TPSA) is 17.1 Å². The molecule has 0 radical (unpaired) electrons. The van der Waals surface area contributed by atoms with Crippen LogP contribution >= 0.6 is 11.6 Å². The molecular formula is C11H11ClO. The smallest absolute Gasteiger partial charge is 0.225 e. The monoisotopic (exact) mass is 194 g/mol. The molecule has 0 spiro atoms. The van der Waals surface area contributed by atoms with Crippen molar-refractivity contribution in [1.29, 1.82) is 0 Å². The van der Waals surface area contributed by atoms with Gasteiger partial charge < -0.3 is 0 Å². The van der Waals surface area contributed by atoms with Crippen molar-refractivity contribution in [3.8, 4) is 0 Å². The summed E-state index contributed by atoms with van der Waals surface area (Å²) in [6.07, 6.45) is 0.922. The average Bonchev–Trinajstić information content (AvgIpc) is 2.85. The van der Waals surface area contributed by atoms with E-state index in [1.165, 1.54) is 11.1 Å². The Morgan fingerprint density at radius 2 is 2.00 bits per heavy atom. The average molecular weight is 195 g/mol. The molecule has 1 nitrogen and oxygen atoms in total. The molecule has 1 aliphatic rings. The van der Waals surface area contributed by atoms with Crippen molar-refractivity contribution >= 4 is 16.8 Å². The van der Waals surface area contributed by atoms with Crippen LogP contribution < -0.4 is 0 Å². The van der Waals surface area contributed by atoms with E-state index in [1.54, 1.807) is 0 Å². The first-order valence-electron chi connectivity index (χ1n) is 4.44. The fraction of sp³-hybridized carbons (Fsp3) is 0.364. The van der Waals surface area contributed by atoms with Gasteiger partial charge in [-0.05, 0) is 36.4 Å². The van der Waals surface area contributed by atoms with Crippen molar-refractivity contribution in [2.24, 2.45) is 5.92 Å². The summed E-state index contributed by atoms with van der Waals surface area (Å²) in [6.45, 7) is 2.06. The lowest BCUT2D eigenvalue weighted by atomic mass is 10.1. The maximum absolute atomic E-state index is 10.8. The van der Waals surface area contributed by atoms with Gasteiger partial charge in [0.15, 0.2) is 0 Å². The lowest BCUT2D eigenvalue weighted by Gasteiger charge is -1.98. The molecule has 0 saturated heterocycles. The first-order valence-corrected chi connectivity index (χ1v) is 4.82. The first-order chi connectivity index (χ1) is 6.18. The van der Waals surface area contributed by atoms with Crippen LogP contribution in [0.25, 0.3) is 0 Å². The summed E-state index contributed by atoms with van der Waals surface area (Å²) < 4.78 is 0. The third-order valence-electron chi connectivity index (χ3n) is 2.59. The highest BCUT2D eigenvalue weighted by atomic mass is 35.5. The number of carbonyl (C=O) groups is 1. The van der Waals surface area contributed by atoms with Crippen molar-refractivity contribution in [3.05, 3.63) is 35.4 Å². The van der Waals surface area contributed by atoms with E-state index in [9.17, 15) is 4.79 Å². The Kier molecular flexibility index (Phi) is 2.12. The van der Waals surface area contributed by atoms with Gasteiger partial charge in [-0.15, -0.1) is 0 Å². The fourth-order valence-corrected chi connectivity index (χ4v) is 1.87. The van der Waals surface area contributed by atoms with Gasteiger partial charge in [0, 0.05) is 5.92 Å². The van der Waals surface area contributed by atoms with Gasteiger partial charge in [-0.2, -0.15) is 0 Å². The first kappa shape index (κ1) is 8.76. The lowest BCUT2D eigenvalue weighted by molar-refractivity contribution is -0.112. The van der Waals surface area contributed by atoms with E-state index in [2.05, 4.69) is 31.2 Å². The summed E-state index contributed by atoms with van der Waals surface area (Å²) in [7, 11) is 0. The number of hydrogen-bond acceptors (Lipinski definition) is 1. The van der Waals surface area contributed by atoms with Crippen molar-refractivity contribution in [3.63, 3.8) is 0 Å². The van der Waals surface area contributed by atoms with Crippen LogP contribution in [0.1, 0.15) is 23.5 Å². The number of hydrogen-bond donors (Lipinski definition) is 0. The Balaban J connectivity index is 2.12. The zero-order valence-corrected chi connectivity index (χ0v) is 8.21. The molecule has 68 valence electrons. The molecule has 13 heavy (non-hydrogen) atoms. The molecule has 1 aliphatic carbocycles. The van der Waals surface area contributed by atoms with Crippen molar-refractivity contribution in [1.82, 2.24) is 0 Å². The van der Waals surface area contributed by atoms with Gasteiger partial charge in [0.2, 0.25) is 5.24 Å². The minimum absolute atomic E-state index is 0.0735. The molecule has 2 atom stereocenters. The molecule has 0 N–H and O–H groups in total. The van der Waals surface area contributed by atoms with Crippen LogP contribution in [0.5, 0.6) is 0 Å². The van der Waals surface area contributed by atoms with Crippen LogP contribution in [0.4, 0.5) is 0 Å². The summed E-state index contributed by atoms with van der Waals surface area (Å²) >= 11 is 5.41. The quantitative estimate of drug-likeness (QED) is 0.662. The van der Waals surface area contributed by atoms with Crippen LogP contribution in [0, 0.1) is 12.8 Å². The van der Waals surface area contributed by atoms with Gasteiger partial charge in [0.25, 0.3) is 0 Å². The second-order valence-corrected chi connectivity index (χ2v) is 4.04. The molecule has 0 aliphatic heterocycles. The number of benzene rings is 1. The van der Waals surface area contributed by atoms with E-state index < -0.39 is 0 Å². The minimum Gasteiger partial charge on any atom is -0.281 e. The maximum Gasteiger partial charge on any atom is 0.225 e. The SMILES string of the molecule is Cc1ccc([C@@H]2C[C@H]2C(=O)Cl)cc1. The van der Waals surface area contributed by atoms with E-state index in [0.29, 0.717) is 5.92 Å². The number of rotatable bonds is 2. The van der Waals surface area contributed by atoms with Crippen molar-refractivity contribution in [2.45, 2.75) is 19.3 Å². The molecule has 0 aromatic heterocycles. The Hall–Kier alpha value is -0.820. The van der Waals surface area contributed by atoms with Crippen LogP contribution in [0.15, 0.2) is 24.3 Å². The summed E-state index contributed by atoms with van der Waals surface area (Å²) in [4.78, 5) is 10.8. The largest absolute Gasteiger partial charge is 0.281 e. The lowest BCUT2D eigenvalue weighted by Crippen LogP contribution is -1.91. The molecule has 2 heteroatoms. The zero-order chi connectivity index (χ0) is 9.42. The molecule has 0 unspecified atom stereocenters. The molecule has 1 saturated carbocycles. The van der Waals surface area contributed by atoms with E-state index in [0.717, 1.165) is 6.42 Å². The Labute approximate surface area is 82.7 Å². The van der Waals surface area contributed by atoms with Crippen LogP contribution in [-0.2, 0) is 4.79 Å². The number of halogens is 1. The molecule has 1 fully saturated rings. The molecule has 1 aromatic carbocycles. The molecule has 0 amide bonds. The van der Waals surface area contributed by atoms with Gasteiger partial charge >= 0.3 is 0 Å². The normalized spacial score (nSPS) is 25.7. The molecule has 0 heterocycles. The Bertz CT molecular complexity index is 328. The van der Waals surface area contributed by atoms with Gasteiger partial charge in [-0.3, -0.25) is 4.79 Å². The van der Waals surface area contributed by atoms with Crippen LogP contribution in [0.3, 0.4) is 0 Å². The Morgan fingerprint density at radius 1 is 1.38 bits per heavy atom. The minimum atomic E-state index is -0.189. The highest BCUT2D eigenvalue weighted by molar-refractivity contribution is 6.64. The zero-order valence-electron chi connectivity index (χ0n) is 7.46. The summed E-state index contributed by atoms with van der Waals surface area (Å²) in [6, 6.07) is 8.31. The van der Waals surface area contributed by atoms with E-state index in [1.807, 2.05) is 0 Å². The van der Waals surface area contributed by atoms with E-state index in [-0.39, 0.29) is 11.2 Å². The molecule has 1 aromatic rings. The van der Waals surface area contributed by atoms with Crippen molar-refractivity contribution in [2.75, 3.05) is 0 Å². The van der Waals surface area contributed by atoms with Gasteiger partial charge in [-0.25, -0.2) is 0 Å². The predicted molar refractivity (Wildman–Crippen MR) is 52.9 cm³/mol. The standard InChI is InChI=1S/C11H11ClO/c1-7-2-4-8(5-3-7)9-6-10(9)11(12)13/h2-5,9-10H,6H2,1H3/t9-,10+/m0/s1. The Morgan fingerprint density at radius 3 is 2.46 bits per heavy atom. The third-order valence-corrected chi connectivity index (χ3v) is 2.87. The molecule has 2 rings (SSSR count). The number of aryl methyl sites for hydroxylation is 1. The highest BCUT2D eigenvalue weighted by Gasteiger charge is 2.42. The van der Waals surface area contributed by atoms with Gasteiger partial charge in [-0.1, -0.05) is 29.8 Å². The van der Waals surface area contributed by atoms with E-state index >= 15 is 0 Å². The predicted octanol–water partition coefficient (Wildman–Crippen LogP) is 2.86.